The van der Waals surface area contributed by atoms with Crippen LogP contribution in [0.15, 0.2) is 0 Å². The first-order chi connectivity index (χ1) is 18.2. The lowest BCUT2D eigenvalue weighted by atomic mass is 9.82. The van der Waals surface area contributed by atoms with Crippen molar-refractivity contribution in [2.45, 2.75) is 127 Å². The molecule has 10 heteroatoms. The molecule has 2 amide bonds. The number of amides is 2. The van der Waals surface area contributed by atoms with E-state index in [0.717, 1.165) is 70.6 Å². The molecule has 0 aromatic heterocycles. The molecule has 2 N–H and O–H groups in total. The second-order valence-corrected chi connectivity index (χ2v) is 14.1. The molecule has 0 aromatic rings. The zero-order chi connectivity index (χ0) is 27.3. The highest BCUT2D eigenvalue weighted by Crippen LogP contribution is 2.34. The zero-order valence-corrected chi connectivity index (χ0v) is 24.0. The standard InChI is InChI=1S/C28H47N3O6S/c1-3-31(24-6-4-5-21(18-24)28(34)37-2)27(33)20-9-11-22(12-10-20)29-26(32)17-19-7-15-25(16-8-19)38(35,36)30-23-13-14-23/h19-25,30H,3-18H2,1-2H3,(H,29,32). The average molecular weight is 554 g/mol. The SMILES string of the molecule is CCN(C(=O)C1CCC(NC(=O)CC2CCC(S(=O)(=O)NC3CC3)CC2)CC1)C1CCCC(C(=O)OC)C1. The van der Waals surface area contributed by atoms with Gasteiger partial charge in [-0.3, -0.25) is 14.4 Å². The van der Waals surface area contributed by atoms with E-state index in [1.165, 1.54) is 7.11 Å². The molecule has 4 saturated carbocycles. The van der Waals surface area contributed by atoms with Crippen LogP contribution in [-0.4, -0.2) is 68.1 Å². The second-order valence-electron chi connectivity index (χ2n) is 12.1. The van der Waals surface area contributed by atoms with Gasteiger partial charge in [-0.05, 0) is 96.3 Å². The van der Waals surface area contributed by atoms with E-state index >= 15 is 0 Å². The van der Waals surface area contributed by atoms with E-state index in [4.69, 9.17) is 4.74 Å². The van der Waals surface area contributed by atoms with Crippen LogP contribution in [0, 0.1) is 17.8 Å². The number of esters is 1. The van der Waals surface area contributed by atoms with Crippen LogP contribution in [0.4, 0.5) is 0 Å². The highest BCUT2D eigenvalue weighted by molar-refractivity contribution is 7.90. The maximum Gasteiger partial charge on any atom is 0.308 e. The molecular weight excluding hydrogens is 506 g/mol. The minimum atomic E-state index is -3.23. The number of nitrogens with zero attached hydrogens (tertiary/aromatic N) is 1. The van der Waals surface area contributed by atoms with Crippen molar-refractivity contribution < 1.29 is 27.5 Å². The number of methoxy groups -OCH3 is 1. The molecule has 0 aliphatic heterocycles. The summed E-state index contributed by atoms with van der Waals surface area (Å²) in [6.07, 6.45) is 11.7. The molecule has 9 nitrogen and oxygen atoms in total. The maximum atomic E-state index is 13.4. The van der Waals surface area contributed by atoms with Crippen molar-refractivity contribution in [3.8, 4) is 0 Å². The van der Waals surface area contributed by atoms with Gasteiger partial charge in [0.15, 0.2) is 0 Å². The van der Waals surface area contributed by atoms with Crippen LogP contribution >= 0.6 is 0 Å². The molecule has 2 atom stereocenters. The van der Waals surface area contributed by atoms with Gasteiger partial charge in [-0.15, -0.1) is 0 Å². The van der Waals surface area contributed by atoms with E-state index in [1.54, 1.807) is 0 Å². The van der Waals surface area contributed by atoms with Gasteiger partial charge in [-0.25, -0.2) is 13.1 Å². The Kier molecular flexibility index (Phi) is 10.1. The van der Waals surface area contributed by atoms with Gasteiger partial charge in [-0.2, -0.15) is 0 Å². The fourth-order valence-corrected chi connectivity index (χ4v) is 8.65. The van der Waals surface area contributed by atoms with E-state index < -0.39 is 10.0 Å². The predicted molar refractivity (Wildman–Crippen MR) is 144 cm³/mol. The summed E-state index contributed by atoms with van der Waals surface area (Å²) in [5, 5.41) is 2.87. The zero-order valence-electron chi connectivity index (χ0n) is 23.2. The van der Waals surface area contributed by atoms with E-state index in [0.29, 0.717) is 32.2 Å². The van der Waals surface area contributed by atoms with E-state index in [1.807, 2.05) is 11.8 Å². The third kappa shape index (κ3) is 7.71. The summed E-state index contributed by atoms with van der Waals surface area (Å²) in [6.45, 7) is 2.66. The summed E-state index contributed by atoms with van der Waals surface area (Å²) in [6, 6.07) is 0.335. The lowest BCUT2D eigenvalue weighted by Gasteiger charge is -2.39. The number of nitrogens with one attached hydrogen (secondary N) is 2. The fourth-order valence-electron chi connectivity index (χ4n) is 6.87. The number of ether oxygens (including phenoxy) is 1. The topological polar surface area (TPSA) is 122 Å². The summed E-state index contributed by atoms with van der Waals surface area (Å²) in [5.41, 5.74) is 0. The monoisotopic (exact) mass is 553 g/mol. The number of carbonyl (C=O) groups excluding carboxylic acids is 3. The van der Waals surface area contributed by atoms with Crippen LogP contribution in [0.1, 0.15) is 103 Å². The number of rotatable bonds is 10. The normalized spacial score (nSPS) is 32.3. The van der Waals surface area contributed by atoms with Gasteiger partial charge >= 0.3 is 5.97 Å². The number of hydrogen-bond donors (Lipinski definition) is 2. The Morgan fingerprint density at radius 2 is 1.50 bits per heavy atom. The highest BCUT2D eigenvalue weighted by Gasteiger charge is 2.38. The van der Waals surface area contributed by atoms with Crippen LogP contribution < -0.4 is 10.0 Å². The molecule has 0 heterocycles. The highest BCUT2D eigenvalue weighted by atomic mass is 32.2. The van der Waals surface area contributed by atoms with Crippen molar-refractivity contribution in [2.75, 3.05) is 13.7 Å². The fraction of sp³-hybridized carbons (Fsp3) is 0.893. The Morgan fingerprint density at radius 3 is 2.11 bits per heavy atom. The van der Waals surface area contributed by atoms with Crippen LogP contribution in [-0.2, 0) is 29.1 Å². The van der Waals surface area contributed by atoms with Crippen molar-refractivity contribution >= 4 is 27.8 Å². The van der Waals surface area contributed by atoms with Gasteiger partial charge in [0.2, 0.25) is 21.8 Å². The van der Waals surface area contributed by atoms with Gasteiger partial charge in [0.05, 0.1) is 18.3 Å². The molecule has 216 valence electrons. The molecule has 2 unspecified atom stereocenters. The quantitative estimate of drug-likeness (QED) is 0.401. The third-order valence-corrected chi connectivity index (χ3v) is 11.3. The molecule has 38 heavy (non-hydrogen) atoms. The molecule has 0 bridgehead atoms. The largest absolute Gasteiger partial charge is 0.469 e. The number of sulfonamides is 1. The number of hydrogen-bond acceptors (Lipinski definition) is 6. The minimum absolute atomic E-state index is 0.0249. The van der Waals surface area contributed by atoms with E-state index in [2.05, 4.69) is 10.0 Å². The summed E-state index contributed by atoms with van der Waals surface area (Å²) in [4.78, 5) is 40.2. The summed E-state index contributed by atoms with van der Waals surface area (Å²) >= 11 is 0. The maximum absolute atomic E-state index is 13.4. The smallest absolute Gasteiger partial charge is 0.308 e. The molecule has 0 spiro atoms. The van der Waals surface area contributed by atoms with E-state index in [9.17, 15) is 22.8 Å². The van der Waals surface area contributed by atoms with Gasteiger partial charge in [0, 0.05) is 37.0 Å². The molecule has 4 rings (SSSR count). The van der Waals surface area contributed by atoms with Crippen molar-refractivity contribution in [1.82, 2.24) is 14.9 Å². The summed E-state index contributed by atoms with van der Waals surface area (Å²) in [7, 11) is -1.80. The minimum Gasteiger partial charge on any atom is -0.469 e. The van der Waals surface area contributed by atoms with Gasteiger partial charge in [-0.1, -0.05) is 6.42 Å². The predicted octanol–water partition coefficient (Wildman–Crippen LogP) is 3.27. The van der Waals surface area contributed by atoms with Crippen LogP contribution in [0.25, 0.3) is 0 Å². The molecular formula is C28H47N3O6S. The molecule has 0 aromatic carbocycles. The van der Waals surface area contributed by atoms with E-state index in [-0.39, 0.29) is 58.9 Å². The molecule has 0 radical (unpaired) electrons. The first kappa shape index (κ1) is 29.3. The van der Waals surface area contributed by atoms with Crippen LogP contribution in [0.2, 0.25) is 0 Å². The Hall–Kier alpha value is -1.68. The Labute approximate surface area is 228 Å². The molecule has 4 aliphatic rings. The third-order valence-electron chi connectivity index (χ3n) is 9.30. The molecule has 0 saturated heterocycles. The average Bonchev–Trinajstić information content (AvgIpc) is 3.73. The van der Waals surface area contributed by atoms with Gasteiger partial charge in [0.25, 0.3) is 0 Å². The molecule has 4 aliphatic carbocycles. The molecule has 4 fully saturated rings. The second kappa shape index (κ2) is 13.1. The van der Waals surface area contributed by atoms with Crippen LogP contribution in [0.3, 0.4) is 0 Å². The van der Waals surface area contributed by atoms with Gasteiger partial charge < -0.3 is 15.0 Å². The Morgan fingerprint density at radius 1 is 0.842 bits per heavy atom. The Balaban J connectivity index is 1.17. The van der Waals surface area contributed by atoms with Gasteiger partial charge in [0.1, 0.15) is 0 Å². The number of carbonyl (C=O) groups is 3. The lowest BCUT2D eigenvalue weighted by Crippen LogP contribution is -2.48. The first-order valence-electron chi connectivity index (χ1n) is 14.9. The van der Waals surface area contributed by atoms with Crippen molar-refractivity contribution in [3.63, 3.8) is 0 Å². The Bertz CT molecular complexity index is 936. The van der Waals surface area contributed by atoms with Crippen molar-refractivity contribution in [2.24, 2.45) is 17.8 Å². The first-order valence-corrected chi connectivity index (χ1v) is 16.4. The van der Waals surface area contributed by atoms with Crippen molar-refractivity contribution in [1.29, 1.82) is 0 Å². The summed E-state index contributed by atoms with van der Waals surface area (Å²) in [5.74, 6) is 0.165. The summed E-state index contributed by atoms with van der Waals surface area (Å²) < 4.78 is 32.7. The van der Waals surface area contributed by atoms with Crippen LogP contribution in [0.5, 0.6) is 0 Å². The van der Waals surface area contributed by atoms with Crippen molar-refractivity contribution in [3.05, 3.63) is 0 Å². The lowest BCUT2D eigenvalue weighted by molar-refractivity contribution is -0.149.